The molecule has 0 saturated carbocycles. The largest absolute Gasteiger partial charge is 0.486 e. The van der Waals surface area contributed by atoms with Crippen LogP contribution < -0.4 is 4.74 Å². The minimum absolute atomic E-state index is 0.0389. The highest BCUT2D eigenvalue weighted by molar-refractivity contribution is 7.12. The fourth-order valence-corrected chi connectivity index (χ4v) is 4.23. The monoisotopic (exact) mass is 430 g/mol. The quantitative estimate of drug-likeness (QED) is 0.421. The summed E-state index contributed by atoms with van der Waals surface area (Å²) in [6, 6.07) is 9.84. The number of ether oxygens (including phenoxy) is 2. The first-order valence-electron chi connectivity index (χ1n) is 9.52. The first kappa shape index (κ1) is 21.5. The van der Waals surface area contributed by atoms with Gasteiger partial charge in [0.2, 0.25) is 0 Å². The molecule has 0 saturated heterocycles. The fourth-order valence-electron chi connectivity index (χ4n) is 2.84. The highest BCUT2D eigenvalue weighted by Crippen LogP contribution is 2.20. The number of carbonyl (C=O) groups is 1. The first-order valence-corrected chi connectivity index (χ1v) is 11.3. The summed E-state index contributed by atoms with van der Waals surface area (Å²) in [7, 11) is 1.67. The Morgan fingerprint density at radius 2 is 2.03 bits per heavy atom. The van der Waals surface area contributed by atoms with Gasteiger partial charge in [0.1, 0.15) is 17.4 Å². The molecule has 0 unspecified atom stereocenters. The van der Waals surface area contributed by atoms with Crippen molar-refractivity contribution in [2.75, 3.05) is 20.3 Å². The van der Waals surface area contributed by atoms with Crippen LogP contribution in [-0.4, -0.2) is 36.1 Å². The van der Waals surface area contributed by atoms with Gasteiger partial charge < -0.3 is 14.4 Å². The van der Waals surface area contributed by atoms with Crippen LogP contribution in [0.3, 0.4) is 0 Å². The van der Waals surface area contributed by atoms with Gasteiger partial charge in [-0.1, -0.05) is 12.1 Å². The number of carbonyl (C=O) groups excluding carboxylic acids is 1. The lowest BCUT2D eigenvalue weighted by Crippen LogP contribution is -2.31. The van der Waals surface area contributed by atoms with Gasteiger partial charge in [-0.05, 0) is 55.0 Å². The summed E-state index contributed by atoms with van der Waals surface area (Å²) >= 11 is 3.02. The molecule has 1 aromatic carbocycles. The van der Waals surface area contributed by atoms with Crippen molar-refractivity contribution in [3.8, 4) is 5.75 Å². The van der Waals surface area contributed by atoms with E-state index in [9.17, 15) is 4.79 Å². The van der Waals surface area contributed by atoms with Gasteiger partial charge in [0.25, 0.3) is 5.91 Å². The number of aromatic nitrogens is 1. The molecule has 0 N–H and O–H groups in total. The van der Waals surface area contributed by atoms with E-state index >= 15 is 0 Å². The van der Waals surface area contributed by atoms with Gasteiger partial charge >= 0.3 is 0 Å². The Kier molecular flexibility index (Phi) is 7.80. The molecule has 0 bridgehead atoms. The zero-order valence-electron chi connectivity index (χ0n) is 17.0. The first-order chi connectivity index (χ1) is 14.1. The molecule has 29 heavy (non-hydrogen) atoms. The third kappa shape index (κ3) is 6.13. The maximum absolute atomic E-state index is 12.8. The van der Waals surface area contributed by atoms with E-state index in [1.165, 1.54) is 22.5 Å². The molecule has 0 aliphatic carbocycles. The van der Waals surface area contributed by atoms with Gasteiger partial charge in [-0.15, -0.1) is 22.7 Å². The third-order valence-corrected chi connectivity index (χ3v) is 6.32. The van der Waals surface area contributed by atoms with Crippen molar-refractivity contribution in [1.82, 2.24) is 9.88 Å². The number of benzene rings is 1. The van der Waals surface area contributed by atoms with Crippen molar-refractivity contribution in [3.05, 3.63) is 67.8 Å². The number of rotatable bonds is 10. The molecule has 0 aliphatic rings. The van der Waals surface area contributed by atoms with E-state index in [0.29, 0.717) is 26.3 Å². The van der Waals surface area contributed by atoms with Crippen LogP contribution in [0.5, 0.6) is 5.75 Å². The predicted octanol–water partition coefficient (Wildman–Crippen LogP) is 5.08. The van der Waals surface area contributed by atoms with E-state index in [1.807, 2.05) is 39.9 Å². The Labute approximate surface area is 179 Å². The zero-order chi connectivity index (χ0) is 20.6. The lowest BCUT2D eigenvalue weighted by atomic mass is 10.1. The topological polar surface area (TPSA) is 51.7 Å². The van der Waals surface area contributed by atoms with Gasteiger partial charge in [0.05, 0.1) is 17.1 Å². The van der Waals surface area contributed by atoms with Crippen molar-refractivity contribution in [2.45, 2.75) is 33.4 Å². The van der Waals surface area contributed by atoms with E-state index in [2.05, 4.69) is 24.9 Å². The highest BCUT2D eigenvalue weighted by Gasteiger charge is 2.18. The van der Waals surface area contributed by atoms with Crippen molar-refractivity contribution < 1.29 is 14.3 Å². The summed E-state index contributed by atoms with van der Waals surface area (Å²) in [6.45, 7) is 6.34. The molecule has 2 heterocycles. The van der Waals surface area contributed by atoms with Gasteiger partial charge in [0.15, 0.2) is 0 Å². The van der Waals surface area contributed by atoms with Crippen molar-refractivity contribution in [1.29, 1.82) is 0 Å². The Morgan fingerprint density at radius 1 is 1.17 bits per heavy atom. The lowest BCUT2D eigenvalue weighted by Gasteiger charge is -2.21. The molecule has 7 heteroatoms. The predicted molar refractivity (Wildman–Crippen MR) is 118 cm³/mol. The SMILES string of the molecule is COCCCN(Cc1csc(COc2ccc(C)c(C)c2)n1)C(=O)c1cccs1. The van der Waals surface area contributed by atoms with E-state index in [4.69, 9.17) is 9.47 Å². The average molecular weight is 431 g/mol. The van der Waals surface area contributed by atoms with Gasteiger partial charge in [-0.2, -0.15) is 0 Å². The van der Waals surface area contributed by atoms with Crippen LogP contribution in [-0.2, 0) is 17.9 Å². The minimum atomic E-state index is 0.0389. The Hall–Kier alpha value is -2.22. The van der Waals surface area contributed by atoms with E-state index in [0.717, 1.165) is 27.7 Å². The Bertz CT molecular complexity index is 922. The van der Waals surface area contributed by atoms with Crippen LogP contribution in [0.2, 0.25) is 0 Å². The summed E-state index contributed by atoms with van der Waals surface area (Å²) < 4.78 is 11.0. The second-order valence-corrected chi connectivity index (χ2v) is 8.71. The number of aryl methyl sites for hydroxylation is 2. The Balaban J connectivity index is 1.61. The summed E-state index contributed by atoms with van der Waals surface area (Å²) in [6.07, 6.45) is 0.792. The zero-order valence-corrected chi connectivity index (χ0v) is 18.6. The van der Waals surface area contributed by atoms with E-state index in [-0.39, 0.29) is 5.91 Å². The number of hydrogen-bond donors (Lipinski definition) is 0. The summed E-state index contributed by atoms with van der Waals surface area (Å²) in [5.74, 6) is 0.885. The molecule has 154 valence electrons. The lowest BCUT2D eigenvalue weighted by molar-refractivity contribution is 0.0726. The van der Waals surface area contributed by atoms with Crippen LogP contribution in [0.25, 0.3) is 0 Å². The van der Waals surface area contributed by atoms with Crippen LogP contribution in [0, 0.1) is 13.8 Å². The second-order valence-electron chi connectivity index (χ2n) is 6.82. The maximum Gasteiger partial charge on any atom is 0.264 e. The number of hydrogen-bond acceptors (Lipinski definition) is 6. The molecule has 0 spiro atoms. The molecule has 0 aliphatic heterocycles. The smallest absolute Gasteiger partial charge is 0.264 e. The van der Waals surface area contributed by atoms with Gasteiger partial charge in [-0.3, -0.25) is 4.79 Å². The molecule has 5 nitrogen and oxygen atoms in total. The molecule has 3 aromatic rings. The molecule has 1 amide bonds. The van der Waals surface area contributed by atoms with Gasteiger partial charge in [0, 0.05) is 25.6 Å². The summed E-state index contributed by atoms with van der Waals surface area (Å²) in [5.41, 5.74) is 3.34. The summed E-state index contributed by atoms with van der Waals surface area (Å²) in [4.78, 5) is 20.1. The minimum Gasteiger partial charge on any atom is -0.486 e. The third-order valence-electron chi connectivity index (χ3n) is 4.59. The maximum atomic E-state index is 12.8. The average Bonchev–Trinajstić information content (AvgIpc) is 3.40. The normalized spacial score (nSPS) is 10.9. The molecule has 0 radical (unpaired) electrons. The van der Waals surface area contributed by atoms with Gasteiger partial charge in [-0.25, -0.2) is 4.98 Å². The number of methoxy groups -OCH3 is 1. The standard InChI is InChI=1S/C22H26N2O3S2/c1-16-7-8-19(12-17(16)2)27-14-21-23-18(15-29-21)13-24(9-5-10-26-3)22(25)20-6-4-11-28-20/h4,6-8,11-12,15H,5,9-10,13-14H2,1-3H3. The molecular formula is C22H26N2O3S2. The molecule has 0 atom stereocenters. The van der Waals surface area contributed by atoms with Crippen LogP contribution in [0.1, 0.15) is 37.9 Å². The van der Waals surface area contributed by atoms with Crippen molar-refractivity contribution >= 4 is 28.6 Å². The number of amides is 1. The molecule has 2 aromatic heterocycles. The van der Waals surface area contributed by atoms with Crippen LogP contribution >= 0.6 is 22.7 Å². The van der Waals surface area contributed by atoms with E-state index in [1.54, 1.807) is 18.4 Å². The summed E-state index contributed by atoms with van der Waals surface area (Å²) in [5, 5.41) is 4.83. The number of thiazole rings is 1. The van der Waals surface area contributed by atoms with Crippen molar-refractivity contribution in [3.63, 3.8) is 0 Å². The highest BCUT2D eigenvalue weighted by atomic mass is 32.1. The van der Waals surface area contributed by atoms with E-state index < -0.39 is 0 Å². The number of nitrogens with zero attached hydrogens (tertiary/aromatic N) is 2. The molecule has 3 rings (SSSR count). The fraction of sp³-hybridized carbons (Fsp3) is 0.364. The molecule has 0 fully saturated rings. The number of thiophene rings is 1. The molecular weight excluding hydrogens is 404 g/mol. The Morgan fingerprint density at radius 3 is 2.76 bits per heavy atom. The second kappa shape index (κ2) is 10.5. The van der Waals surface area contributed by atoms with Crippen molar-refractivity contribution in [2.24, 2.45) is 0 Å². The van der Waals surface area contributed by atoms with Crippen LogP contribution in [0.4, 0.5) is 0 Å². The van der Waals surface area contributed by atoms with Crippen LogP contribution in [0.15, 0.2) is 41.1 Å².